The lowest BCUT2D eigenvalue weighted by molar-refractivity contribution is -0.125. The van der Waals surface area contributed by atoms with Gasteiger partial charge in [-0.25, -0.2) is 0 Å². The van der Waals surface area contributed by atoms with E-state index in [4.69, 9.17) is 0 Å². The molecule has 2 amide bonds. The van der Waals surface area contributed by atoms with E-state index in [0.29, 0.717) is 25.6 Å². The van der Waals surface area contributed by atoms with Crippen LogP contribution in [0.3, 0.4) is 0 Å². The SMILES string of the molecule is CC[C@@H](C)c1ccc(NC(=O)CN2CCNC(=O)C2)cc1. The minimum atomic E-state index is -0.0824. The summed E-state index contributed by atoms with van der Waals surface area (Å²) in [5, 5.41) is 5.62. The first kappa shape index (κ1) is 15.5. The molecule has 1 atom stereocenters. The number of piperazine rings is 1. The van der Waals surface area contributed by atoms with Gasteiger partial charge in [-0.1, -0.05) is 26.0 Å². The van der Waals surface area contributed by atoms with Crippen molar-refractivity contribution < 1.29 is 9.59 Å². The van der Waals surface area contributed by atoms with Gasteiger partial charge in [-0.05, 0) is 30.0 Å². The van der Waals surface area contributed by atoms with E-state index in [9.17, 15) is 9.59 Å². The molecule has 5 heteroatoms. The number of nitrogens with zero attached hydrogens (tertiary/aromatic N) is 1. The summed E-state index contributed by atoms with van der Waals surface area (Å²) in [6.45, 7) is 6.22. The van der Waals surface area contributed by atoms with Crippen molar-refractivity contribution in [1.29, 1.82) is 0 Å². The number of carbonyl (C=O) groups is 2. The van der Waals surface area contributed by atoms with Crippen molar-refractivity contribution in [3.05, 3.63) is 29.8 Å². The van der Waals surface area contributed by atoms with Crippen molar-refractivity contribution in [2.24, 2.45) is 0 Å². The van der Waals surface area contributed by atoms with Crippen LogP contribution in [-0.2, 0) is 9.59 Å². The van der Waals surface area contributed by atoms with Crippen LogP contribution in [0, 0.1) is 0 Å². The molecule has 0 saturated carbocycles. The molecule has 114 valence electrons. The highest BCUT2D eigenvalue weighted by atomic mass is 16.2. The molecule has 0 unspecified atom stereocenters. The van der Waals surface area contributed by atoms with E-state index in [1.165, 1.54) is 5.56 Å². The molecule has 0 bridgehead atoms. The van der Waals surface area contributed by atoms with Crippen molar-refractivity contribution in [3.63, 3.8) is 0 Å². The molecule has 2 rings (SSSR count). The van der Waals surface area contributed by atoms with Crippen LogP contribution < -0.4 is 10.6 Å². The summed E-state index contributed by atoms with van der Waals surface area (Å²) >= 11 is 0. The Morgan fingerprint density at radius 2 is 2.10 bits per heavy atom. The fourth-order valence-corrected chi connectivity index (χ4v) is 2.36. The lowest BCUT2D eigenvalue weighted by Gasteiger charge is -2.25. The van der Waals surface area contributed by atoms with Crippen LogP contribution in [0.25, 0.3) is 0 Å². The average Bonchev–Trinajstić information content (AvgIpc) is 2.47. The lowest BCUT2D eigenvalue weighted by atomic mass is 9.99. The van der Waals surface area contributed by atoms with Crippen LogP contribution in [0.1, 0.15) is 31.7 Å². The first-order chi connectivity index (χ1) is 10.1. The Morgan fingerprint density at radius 1 is 1.38 bits per heavy atom. The van der Waals surface area contributed by atoms with Gasteiger partial charge in [-0.15, -0.1) is 0 Å². The third-order valence-electron chi connectivity index (χ3n) is 3.86. The zero-order valence-corrected chi connectivity index (χ0v) is 12.7. The van der Waals surface area contributed by atoms with Crippen molar-refractivity contribution in [2.45, 2.75) is 26.2 Å². The zero-order valence-electron chi connectivity index (χ0n) is 12.7. The standard InChI is InChI=1S/C16H23N3O2/c1-3-12(2)13-4-6-14(7-5-13)18-16(21)11-19-9-8-17-15(20)10-19/h4-7,12H,3,8-11H2,1-2H3,(H,17,20)(H,18,21)/t12-/m1/s1. The lowest BCUT2D eigenvalue weighted by Crippen LogP contribution is -2.49. The Bertz CT molecular complexity index is 499. The Hall–Kier alpha value is -1.88. The minimum Gasteiger partial charge on any atom is -0.354 e. The van der Waals surface area contributed by atoms with Crippen molar-refractivity contribution >= 4 is 17.5 Å². The summed E-state index contributed by atoms with van der Waals surface area (Å²) in [5.74, 6) is 0.426. The fourth-order valence-electron chi connectivity index (χ4n) is 2.36. The summed E-state index contributed by atoms with van der Waals surface area (Å²) in [6.07, 6.45) is 1.10. The topological polar surface area (TPSA) is 61.4 Å². The van der Waals surface area contributed by atoms with Crippen molar-refractivity contribution in [1.82, 2.24) is 10.2 Å². The van der Waals surface area contributed by atoms with Gasteiger partial charge >= 0.3 is 0 Å². The summed E-state index contributed by atoms with van der Waals surface area (Å²) in [7, 11) is 0. The van der Waals surface area contributed by atoms with Gasteiger partial charge in [0.15, 0.2) is 0 Å². The Labute approximate surface area is 125 Å². The van der Waals surface area contributed by atoms with E-state index < -0.39 is 0 Å². The highest BCUT2D eigenvalue weighted by Gasteiger charge is 2.18. The van der Waals surface area contributed by atoms with Crippen LogP contribution >= 0.6 is 0 Å². The summed E-state index contributed by atoms with van der Waals surface area (Å²) in [5.41, 5.74) is 2.08. The molecule has 1 fully saturated rings. The number of hydrogen-bond acceptors (Lipinski definition) is 3. The Morgan fingerprint density at radius 3 is 2.71 bits per heavy atom. The number of carbonyl (C=O) groups excluding carboxylic acids is 2. The number of rotatable bonds is 5. The Kier molecular flexibility index (Phi) is 5.33. The summed E-state index contributed by atoms with van der Waals surface area (Å²) < 4.78 is 0. The second-order valence-electron chi connectivity index (χ2n) is 5.54. The molecule has 1 saturated heterocycles. The maximum atomic E-state index is 12.0. The van der Waals surface area contributed by atoms with Crippen LogP contribution in [0.5, 0.6) is 0 Å². The zero-order chi connectivity index (χ0) is 15.2. The monoisotopic (exact) mass is 289 g/mol. The van der Waals surface area contributed by atoms with Gasteiger partial charge in [0.25, 0.3) is 0 Å². The quantitative estimate of drug-likeness (QED) is 0.865. The van der Waals surface area contributed by atoms with Gasteiger partial charge in [-0.3, -0.25) is 14.5 Å². The van der Waals surface area contributed by atoms with Crippen molar-refractivity contribution in [3.8, 4) is 0 Å². The van der Waals surface area contributed by atoms with Crippen LogP contribution in [0.15, 0.2) is 24.3 Å². The van der Waals surface area contributed by atoms with Gasteiger partial charge in [-0.2, -0.15) is 0 Å². The van der Waals surface area contributed by atoms with Crippen LogP contribution in [0.4, 0.5) is 5.69 Å². The maximum Gasteiger partial charge on any atom is 0.238 e. The number of anilines is 1. The van der Waals surface area contributed by atoms with E-state index >= 15 is 0 Å². The first-order valence-electron chi connectivity index (χ1n) is 7.47. The van der Waals surface area contributed by atoms with E-state index in [0.717, 1.165) is 12.1 Å². The minimum absolute atomic E-state index is 0.0213. The van der Waals surface area contributed by atoms with Gasteiger partial charge in [0, 0.05) is 18.8 Å². The van der Waals surface area contributed by atoms with Crippen molar-refractivity contribution in [2.75, 3.05) is 31.5 Å². The van der Waals surface area contributed by atoms with E-state index in [1.807, 2.05) is 17.0 Å². The van der Waals surface area contributed by atoms with E-state index in [1.54, 1.807) is 0 Å². The van der Waals surface area contributed by atoms with E-state index in [-0.39, 0.29) is 18.4 Å². The van der Waals surface area contributed by atoms with Gasteiger partial charge in [0.05, 0.1) is 13.1 Å². The molecule has 2 N–H and O–H groups in total. The Balaban J connectivity index is 1.86. The predicted octanol–water partition coefficient (Wildman–Crippen LogP) is 1.57. The van der Waals surface area contributed by atoms with Crippen LogP contribution in [0.2, 0.25) is 0 Å². The number of nitrogens with one attached hydrogen (secondary N) is 2. The number of benzene rings is 1. The molecule has 21 heavy (non-hydrogen) atoms. The summed E-state index contributed by atoms with van der Waals surface area (Å²) in [6, 6.07) is 7.97. The second-order valence-corrected chi connectivity index (χ2v) is 5.54. The number of hydrogen-bond donors (Lipinski definition) is 2. The van der Waals surface area contributed by atoms with Crippen LogP contribution in [-0.4, -0.2) is 42.9 Å². The van der Waals surface area contributed by atoms with Gasteiger partial charge in [0.1, 0.15) is 0 Å². The normalized spacial score (nSPS) is 17.1. The highest BCUT2D eigenvalue weighted by molar-refractivity contribution is 5.92. The average molecular weight is 289 g/mol. The maximum absolute atomic E-state index is 12.0. The molecule has 0 aromatic heterocycles. The smallest absolute Gasteiger partial charge is 0.238 e. The largest absolute Gasteiger partial charge is 0.354 e. The molecule has 0 radical (unpaired) electrons. The molecule has 5 nitrogen and oxygen atoms in total. The highest BCUT2D eigenvalue weighted by Crippen LogP contribution is 2.20. The predicted molar refractivity (Wildman–Crippen MR) is 83.2 cm³/mol. The first-order valence-corrected chi connectivity index (χ1v) is 7.47. The molecule has 1 aromatic rings. The third kappa shape index (κ3) is 4.56. The van der Waals surface area contributed by atoms with E-state index in [2.05, 4.69) is 36.6 Å². The molecule has 1 aliphatic heterocycles. The molecular formula is C16H23N3O2. The molecule has 0 spiro atoms. The molecule has 0 aliphatic carbocycles. The molecular weight excluding hydrogens is 266 g/mol. The number of amides is 2. The fraction of sp³-hybridized carbons (Fsp3) is 0.500. The molecule has 1 aliphatic rings. The molecule has 1 aromatic carbocycles. The van der Waals surface area contributed by atoms with Gasteiger partial charge < -0.3 is 10.6 Å². The molecule has 1 heterocycles. The second kappa shape index (κ2) is 7.22. The third-order valence-corrected chi connectivity index (χ3v) is 3.86. The van der Waals surface area contributed by atoms with Gasteiger partial charge in [0.2, 0.25) is 11.8 Å². The summed E-state index contributed by atoms with van der Waals surface area (Å²) in [4.78, 5) is 25.1.